The fourth-order valence-electron chi connectivity index (χ4n) is 3.25. The third kappa shape index (κ3) is 2.67. The second kappa shape index (κ2) is 6.17. The molecule has 6 heteroatoms. The number of rotatable bonds is 3. The molecule has 0 aliphatic heterocycles. The Morgan fingerprint density at radius 3 is 2.59 bits per heavy atom. The number of hydrogen-bond acceptors (Lipinski definition) is 5. The van der Waals surface area contributed by atoms with Crippen molar-refractivity contribution >= 4 is 28.2 Å². The SMILES string of the molecule is Cc1nnc2nc(Nc3ccccc3)c3ccc(-c4cccnc4)cc3n12. The van der Waals surface area contributed by atoms with Crippen molar-refractivity contribution in [3.05, 3.63) is 78.9 Å². The van der Waals surface area contributed by atoms with Gasteiger partial charge in [-0.1, -0.05) is 30.3 Å². The highest BCUT2D eigenvalue weighted by atomic mass is 15.3. The monoisotopic (exact) mass is 352 g/mol. The van der Waals surface area contributed by atoms with Crippen molar-refractivity contribution in [2.24, 2.45) is 0 Å². The summed E-state index contributed by atoms with van der Waals surface area (Å²) in [5.41, 5.74) is 4.13. The summed E-state index contributed by atoms with van der Waals surface area (Å²) in [5, 5.41) is 12.8. The molecule has 0 amide bonds. The van der Waals surface area contributed by atoms with Gasteiger partial charge in [0.2, 0.25) is 0 Å². The van der Waals surface area contributed by atoms with Gasteiger partial charge < -0.3 is 5.32 Å². The summed E-state index contributed by atoms with van der Waals surface area (Å²) in [6, 6.07) is 20.3. The van der Waals surface area contributed by atoms with Crippen LogP contribution in [0.5, 0.6) is 0 Å². The Kier molecular flexibility index (Phi) is 3.53. The van der Waals surface area contributed by atoms with Gasteiger partial charge in [0, 0.05) is 29.0 Å². The van der Waals surface area contributed by atoms with Crippen LogP contribution in [-0.4, -0.2) is 24.6 Å². The van der Waals surface area contributed by atoms with E-state index in [2.05, 4.69) is 49.7 Å². The van der Waals surface area contributed by atoms with E-state index in [1.807, 2.05) is 53.9 Å². The van der Waals surface area contributed by atoms with Crippen LogP contribution < -0.4 is 5.32 Å². The van der Waals surface area contributed by atoms with E-state index in [1.54, 1.807) is 6.20 Å². The molecule has 0 bridgehead atoms. The molecule has 0 saturated carbocycles. The normalized spacial score (nSPS) is 11.1. The molecule has 0 spiro atoms. The van der Waals surface area contributed by atoms with Crippen molar-refractivity contribution < 1.29 is 0 Å². The van der Waals surface area contributed by atoms with E-state index < -0.39 is 0 Å². The lowest BCUT2D eigenvalue weighted by Gasteiger charge is -2.12. The van der Waals surface area contributed by atoms with Gasteiger partial charge in [0.25, 0.3) is 5.78 Å². The molecular formula is C21H16N6. The van der Waals surface area contributed by atoms with Gasteiger partial charge in [-0.15, -0.1) is 10.2 Å². The van der Waals surface area contributed by atoms with Crippen LogP contribution >= 0.6 is 0 Å². The summed E-state index contributed by atoms with van der Waals surface area (Å²) in [4.78, 5) is 8.92. The number of pyridine rings is 1. The van der Waals surface area contributed by atoms with Gasteiger partial charge in [-0.3, -0.25) is 9.38 Å². The number of hydrogen-bond donors (Lipinski definition) is 1. The Bertz CT molecular complexity index is 1250. The largest absolute Gasteiger partial charge is 0.340 e. The molecule has 0 radical (unpaired) electrons. The summed E-state index contributed by atoms with van der Waals surface area (Å²) in [6.45, 7) is 1.93. The predicted molar refractivity (Wildman–Crippen MR) is 106 cm³/mol. The smallest absolute Gasteiger partial charge is 0.257 e. The molecule has 1 N–H and O–H groups in total. The molecule has 0 saturated heterocycles. The Morgan fingerprint density at radius 2 is 1.78 bits per heavy atom. The van der Waals surface area contributed by atoms with E-state index >= 15 is 0 Å². The topological polar surface area (TPSA) is 68.0 Å². The van der Waals surface area contributed by atoms with Crippen LogP contribution in [0.3, 0.4) is 0 Å². The summed E-state index contributed by atoms with van der Waals surface area (Å²) < 4.78 is 1.98. The fraction of sp³-hybridized carbons (Fsp3) is 0.0476. The van der Waals surface area contributed by atoms with Gasteiger partial charge in [-0.2, -0.15) is 4.98 Å². The van der Waals surface area contributed by atoms with Crippen molar-refractivity contribution in [1.82, 2.24) is 24.6 Å². The Labute approximate surface area is 155 Å². The third-order valence-electron chi connectivity index (χ3n) is 4.54. The summed E-state index contributed by atoms with van der Waals surface area (Å²) in [5.74, 6) is 2.13. The molecule has 0 aliphatic carbocycles. The zero-order valence-electron chi connectivity index (χ0n) is 14.7. The first-order chi connectivity index (χ1) is 13.3. The number of aromatic nitrogens is 5. The quantitative estimate of drug-likeness (QED) is 0.521. The average molecular weight is 352 g/mol. The van der Waals surface area contributed by atoms with Crippen molar-refractivity contribution in [2.75, 3.05) is 5.32 Å². The molecule has 5 aromatic rings. The molecule has 6 nitrogen and oxygen atoms in total. The molecule has 3 heterocycles. The minimum atomic E-state index is 0.571. The zero-order chi connectivity index (χ0) is 18.2. The van der Waals surface area contributed by atoms with Crippen LogP contribution in [-0.2, 0) is 0 Å². The highest BCUT2D eigenvalue weighted by molar-refractivity contribution is 5.95. The van der Waals surface area contributed by atoms with Crippen molar-refractivity contribution in [3.63, 3.8) is 0 Å². The first kappa shape index (κ1) is 15.5. The first-order valence-corrected chi connectivity index (χ1v) is 8.67. The van der Waals surface area contributed by atoms with Crippen LogP contribution in [0.25, 0.3) is 27.8 Å². The van der Waals surface area contributed by atoms with Gasteiger partial charge >= 0.3 is 0 Å². The van der Waals surface area contributed by atoms with Crippen LogP contribution in [0.15, 0.2) is 73.1 Å². The lowest BCUT2D eigenvalue weighted by Crippen LogP contribution is -2.01. The van der Waals surface area contributed by atoms with E-state index in [0.717, 1.165) is 39.4 Å². The second-order valence-corrected chi connectivity index (χ2v) is 6.31. The Hall–Kier alpha value is -3.80. The molecule has 0 aliphatic rings. The number of fused-ring (bicyclic) bond motifs is 3. The molecule has 27 heavy (non-hydrogen) atoms. The van der Waals surface area contributed by atoms with E-state index in [9.17, 15) is 0 Å². The van der Waals surface area contributed by atoms with E-state index in [4.69, 9.17) is 0 Å². The molecule has 3 aromatic heterocycles. The Morgan fingerprint density at radius 1 is 0.889 bits per heavy atom. The molecule has 130 valence electrons. The zero-order valence-corrected chi connectivity index (χ0v) is 14.7. The van der Waals surface area contributed by atoms with Gasteiger partial charge in [0.15, 0.2) is 0 Å². The van der Waals surface area contributed by atoms with Crippen LogP contribution in [0.2, 0.25) is 0 Å². The Balaban J connectivity index is 1.76. The van der Waals surface area contributed by atoms with Gasteiger partial charge in [-0.05, 0) is 42.8 Å². The minimum absolute atomic E-state index is 0.571. The average Bonchev–Trinajstić information content (AvgIpc) is 3.10. The lowest BCUT2D eigenvalue weighted by molar-refractivity contribution is 1.02. The summed E-state index contributed by atoms with van der Waals surface area (Å²) in [7, 11) is 0. The minimum Gasteiger partial charge on any atom is -0.340 e. The van der Waals surface area contributed by atoms with E-state index in [-0.39, 0.29) is 0 Å². The highest BCUT2D eigenvalue weighted by Gasteiger charge is 2.13. The number of aryl methyl sites for hydroxylation is 1. The molecule has 0 atom stereocenters. The van der Waals surface area contributed by atoms with Gasteiger partial charge in [-0.25, -0.2) is 0 Å². The molecule has 2 aromatic carbocycles. The number of para-hydroxylation sites is 1. The number of anilines is 2. The van der Waals surface area contributed by atoms with E-state index in [0.29, 0.717) is 5.78 Å². The van der Waals surface area contributed by atoms with Gasteiger partial charge in [0.1, 0.15) is 11.6 Å². The maximum atomic E-state index is 4.69. The predicted octanol–water partition coefficient (Wildman–Crippen LogP) is 4.39. The van der Waals surface area contributed by atoms with E-state index in [1.165, 1.54) is 0 Å². The van der Waals surface area contributed by atoms with Crippen molar-refractivity contribution in [1.29, 1.82) is 0 Å². The lowest BCUT2D eigenvalue weighted by atomic mass is 10.1. The van der Waals surface area contributed by atoms with Crippen molar-refractivity contribution in [2.45, 2.75) is 6.92 Å². The second-order valence-electron chi connectivity index (χ2n) is 6.31. The van der Waals surface area contributed by atoms with Crippen molar-refractivity contribution in [3.8, 4) is 11.1 Å². The summed E-state index contributed by atoms with van der Waals surface area (Å²) >= 11 is 0. The maximum absolute atomic E-state index is 4.69. The maximum Gasteiger partial charge on any atom is 0.257 e. The number of nitrogens with one attached hydrogen (secondary N) is 1. The number of benzene rings is 2. The standard InChI is InChI=1S/C21H16N6/c1-14-25-26-21-24-20(23-17-7-3-2-4-8-17)18-10-9-15(12-19(18)27(14)21)16-6-5-11-22-13-16/h2-13H,1H3,(H,23,24,26). The molecule has 0 fully saturated rings. The number of nitrogens with zero attached hydrogens (tertiary/aromatic N) is 5. The van der Waals surface area contributed by atoms with Crippen LogP contribution in [0, 0.1) is 6.92 Å². The van der Waals surface area contributed by atoms with Crippen LogP contribution in [0.4, 0.5) is 11.5 Å². The fourth-order valence-corrected chi connectivity index (χ4v) is 3.25. The highest BCUT2D eigenvalue weighted by Crippen LogP contribution is 2.30. The third-order valence-corrected chi connectivity index (χ3v) is 4.54. The van der Waals surface area contributed by atoms with Crippen LogP contribution in [0.1, 0.15) is 5.82 Å². The summed E-state index contributed by atoms with van der Waals surface area (Å²) in [6.07, 6.45) is 3.64. The first-order valence-electron chi connectivity index (χ1n) is 8.67. The molecular weight excluding hydrogens is 336 g/mol. The van der Waals surface area contributed by atoms with Gasteiger partial charge in [0.05, 0.1) is 5.52 Å². The molecule has 5 rings (SSSR count). The molecule has 0 unspecified atom stereocenters.